The molecular weight excluding hydrogens is 547 g/mol. The van der Waals surface area contributed by atoms with E-state index in [1.807, 2.05) is 13.0 Å². The van der Waals surface area contributed by atoms with Crippen LogP contribution in [0.15, 0.2) is 41.5 Å². The van der Waals surface area contributed by atoms with Gasteiger partial charge in [0.1, 0.15) is 0 Å². The highest BCUT2D eigenvalue weighted by Crippen LogP contribution is 2.60. The van der Waals surface area contributed by atoms with Crippen molar-refractivity contribution in [2.75, 3.05) is 24.6 Å². The molecule has 220 valence electrons. The van der Waals surface area contributed by atoms with E-state index in [1.165, 1.54) is 11.1 Å². The minimum Gasteiger partial charge on any atom is -0.394 e. The monoisotopic (exact) mass is 590 g/mol. The van der Waals surface area contributed by atoms with Crippen LogP contribution in [0.25, 0.3) is 0 Å². The molecular formula is C31H44ClFN2O4Si. The van der Waals surface area contributed by atoms with Gasteiger partial charge >= 0.3 is 0 Å². The van der Waals surface area contributed by atoms with Crippen LogP contribution in [0.5, 0.6) is 0 Å². The number of likely N-dealkylation sites (tertiary alicyclic amines) is 1. The number of benzene rings is 1. The number of hydrogen-bond donors (Lipinski definition) is 1. The first kappa shape index (κ1) is 30.9. The number of fused-ring (bicyclic) bond motifs is 2. The summed E-state index contributed by atoms with van der Waals surface area (Å²) < 4.78 is 22.7. The Hall–Kier alpha value is -2.00. The molecule has 2 fully saturated rings. The van der Waals surface area contributed by atoms with E-state index < -0.39 is 31.6 Å². The van der Waals surface area contributed by atoms with Crippen molar-refractivity contribution in [2.24, 2.45) is 5.92 Å². The molecule has 6 nitrogen and oxygen atoms in total. The van der Waals surface area contributed by atoms with E-state index in [2.05, 4.69) is 32.9 Å². The van der Waals surface area contributed by atoms with Crippen LogP contribution in [0, 0.1) is 5.92 Å². The van der Waals surface area contributed by atoms with Gasteiger partial charge in [-0.15, -0.1) is 0 Å². The number of aliphatic hydroxyl groups excluding tert-OH is 1. The van der Waals surface area contributed by atoms with E-state index in [0.29, 0.717) is 23.7 Å². The van der Waals surface area contributed by atoms with Crippen LogP contribution in [0.2, 0.25) is 23.7 Å². The quantitative estimate of drug-likeness (QED) is 0.202. The average molecular weight is 591 g/mol. The van der Waals surface area contributed by atoms with Gasteiger partial charge < -0.3 is 23.8 Å². The maximum Gasteiger partial charge on any atom is 0.264 e. The van der Waals surface area contributed by atoms with E-state index in [4.69, 9.17) is 16.3 Å². The summed E-state index contributed by atoms with van der Waals surface area (Å²) in [6.45, 7) is 12.2. The molecule has 5 atom stereocenters. The standard InChI is InChI=1S/C31H44ClFN2O4Si/c1-20(2)9-7-10-21(3)14-16-35-26-13-12-23(32)17-25(26)31(30(35)38)22(4)29(40(5,6)33)27(39-31)18-28(37)34-15-8-11-24(34)19-36/h9,12-14,17,22,24,27,29,36H,7-8,10-11,15-16,18-19H2,1-6H3/b21-14+/t22-,24-,27+,29-,31+/m0/s1. The molecule has 0 radical (unpaired) electrons. The predicted molar refractivity (Wildman–Crippen MR) is 161 cm³/mol. The molecule has 1 aromatic rings. The Morgan fingerprint density at radius 1 is 1.27 bits per heavy atom. The average Bonchev–Trinajstić information content (AvgIpc) is 3.52. The van der Waals surface area contributed by atoms with Crippen LogP contribution in [0.3, 0.4) is 0 Å². The molecule has 4 rings (SSSR count). The van der Waals surface area contributed by atoms with Gasteiger partial charge in [0.2, 0.25) is 14.3 Å². The van der Waals surface area contributed by atoms with Crippen molar-refractivity contribution >= 4 is 37.5 Å². The molecule has 2 saturated heterocycles. The first-order chi connectivity index (χ1) is 18.8. The molecule has 0 aromatic heterocycles. The number of carbonyl (C=O) groups excluding carboxylic acids is 2. The fourth-order valence-corrected chi connectivity index (χ4v) is 9.65. The zero-order chi connectivity index (χ0) is 29.4. The first-order valence-electron chi connectivity index (χ1n) is 14.5. The zero-order valence-electron chi connectivity index (χ0n) is 24.7. The van der Waals surface area contributed by atoms with E-state index in [0.717, 1.165) is 31.4 Å². The highest BCUT2D eigenvalue weighted by atomic mass is 35.5. The summed E-state index contributed by atoms with van der Waals surface area (Å²) in [5, 5.41) is 10.2. The second kappa shape index (κ2) is 12.1. The molecule has 3 aliphatic heterocycles. The molecule has 1 spiro atoms. The molecule has 1 N–H and O–H groups in total. The number of anilines is 1. The van der Waals surface area contributed by atoms with Crippen LogP contribution in [-0.4, -0.2) is 62.1 Å². The highest BCUT2D eigenvalue weighted by molar-refractivity contribution is 6.72. The van der Waals surface area contributed by atoms with Gasteiger partial charge in [-0.1, -0.05) is 41.8 Å². The number of amides is 2. The van der Waals surface area contributed by atoms with Crippen molar-refractivity contribution in [3.05, 3.63) is 52.1 Å². The van der Waals surface area contributed by atoms with Gasteiger partial charge in [-0.2, -0.15) is 0 Å². The topological polar surface area (TPSA) is 70.1 Å². The first-order valence-corrected chi connectivity index (χ1v) is 17.8. The summed E-state index contributed by atoms with van der Waals surface area (Å²) in [7, 11) is -3.39. The molecule has 40 heavy (non-hydrogen) atoms. The van der Waals surface area contributed by atoms with Gasteiger partial charge in [0.25, 0.3) is 5.91 Å². The Labute approximate surface area is 244 Å². The lowest BCUT2D eigenvalue weighted by molar-refractivity contribution is -0.149. The lowest BCUT2D eigenvalue weighted by Gasteiger charge is -2.31. The number of nitrogens with zero attached hydrogens (tertiary/aromatic N) is 2. The number of rotatable bonds is 9. The SMILES string of the molecule is CC(C)=CCC/C(C)=C/CN1C(=O)[C@]2(O[C@H](CC(=O)N3CCC[C@H]3CO)[C@@H]([Si](C)(C)F)[C@@H]2C)c2cc(Cl)ccc21. The summed E-state index contributed by atoms with van der Waals surface area (Å²) in [6.07, 6.45) is 6.94. The third-order valence-electron chi connectivity index (χ3n) is 8.92. The van der Waals surface area contributed by atoms with Gasteiger partial charge in [0, 0.05) is 35.1 Å². The van der Waals surface area contributed by atoms with Crippen molar-refractivity contribution in [2.45, 2.75) is 96.2 Å². The van der Waals surface area contributed by atoms with Crippen LogP contribution in [0.1, 0.15) is 65.4 Å². The molecule has 1 aromatic carbocycles. The van der Waals surface area contributed by atoms with E-state index in [9.17, 15) is 14.7 Å². The second-order valence-corrected chi connectivity index (χ2v) is 16.7. The third kappa shape index (κ3) is 5.83. The Morgan fingerprint density at radius 3 is 2.65 bits per heavy atom. The third-order valence-corrected chi connectivity index (χ3v) is 11.6. The normalized spacial score (nSPS) is 28.5. The number of aliphatic hydroxyl groups is 1. The summed E-state index contributed by atoms with van der Waals surface area (Å²) in [5.41, 5.74) is 1.87. The predicted octanol–water partition coefficient (Wildman–Crippen LogP) is 6.53. The van der Waals surface area contributed by atoms with Gasteiger partial charge in [0.05, 0.1) is 30.9 Å². The van der Waals surface area contributed by atoms with Crippen molar-refractivity contribution in [1.82, 2.24) is 4.90 Å². The van der Waals surface area contributed by atoms with Gasteiger partial charge in [-0.05, 0) is 77.7 Å². The maximum atomic E-state index is 16.0. The lowest BCUT2D eigenvalue weighted by atomic mass is 9.82. The molecule has 3 heterocycles. The molecule has 0 unspecified atom stereocenters. The molecule has 0 bridgehead atoms. The van der Waals surface area contributed by atoms with E-state index in [1.54, 1.807) is 35.0 Å². The summed E-state index contributed by atoms with van der Waals surface area (Å²) in [6, 6.07) is 5.16. The van der Waals surface area contributed by atoms with Crippen molar-refractivity contribution < 1.29 is 23.5 Å². The number of halogens is 2. The number of carbonyl (C=O) groups is 2. The molecule has 3 aliphatic rings. The maximum absolute atomic E-state index is 16.0. The summed E-state index contributed by atoms with van der Waals surface area (Å²) in [5.74, 6) is -0.863. The van der Waals surface area contributed by atoms with Crippen molar-refractivity contribution in [3.63, 3.8) is 0 Å². The number of allylic oxidation sites excluding steroid dienone is 3. The van der Waals surface area contributed by atoms with Crippen LogP contribution in [0.4, 0.5) is 9.80 Å². The van der Waals surface area contributed by atoms with Gasteiger partial charge in [-0.3, -0.25) is 9.59 Å². The minimum absolute atomic E-state index is 0.0137. The Morgan fingerprint density at radius 2 is 2.00 bits per heavy atom. The Bertz CT molecular complexity index is 1190. The van der Waals surface area contributed by atoms with Crippen LogP contribution in [-0.2, 0) is 19.9 Å². The van der Waals surface area contributed by atoms with Crippen molar-refractivity contribution in [1.29, 1.82) is 0 Å². The molecule has 2 amide bonds. The number of ether oxygens (including phenoxy) is 1. The minimum atomic E-state index is -3.39. The molecule has 9 heteroatoms. The smallest absolute Gasteiger partial charge is 0.264 e. The van der Waals surface area contributed by atoms with Gasteiger partial charge in [-0.25, -0.2) is 0 Å². The van der Waals surface area contributed by atoms with E-state index in [-0.39, 0.29) is 30.9 Å². The Kier molecular flexibility index (Phi) is 9.34. The highest BCUT2D eigenvalue weighted by Gasteiger charge is 2.67. The molecule has 0 aliphatic carbocycles. The zero-order valence-corrected chi connectivity index (χ0v) is 26.4. The number of hydrogen-bond acceptors (Lipinski definition) is 4. The Balaban J connectivity index is 1.67. The fourth-order valence-electron chi connectivity index (χ4n) is 6.98. The van der Waals surface area contributed by atoms with Gasteiger partial charge in [0.15, 0.2) is 5.60 Å². The van der Waals surface area contributed by atoms with Crippen LogP contribution >= 0.6 is 11.6 Å². The largest absolute Gasteiger partial charge is 0.394 e. The summed E-state index contributed by atoms with van der Waals surface area (Å²) >= 11 is 6.45. The van der Waals surface area contributed by atoms with Crippen LogP contribution < -0.4 is 4.90 Å². The fraction of sp³-hybridized carbons (Fsp3) is 0.613. The molecule has 0 saturated carbocycles. The van der Waals surface area contributed by atoms with E-state index >= 15 is 4.11 Å². The van der Waals surface area contributed by atoms with Crippen molar-refractivity contribution in [3.8, 4) is 0 Å². The lowest BCUT2D eigenvalue weighted by Crippen LogP contribution is -2.45. The second-order valence-electron chi connectivity index (χ2n) is 12.5. The summed E-state index contributed by atoms with van der Waals surface area (Å²) in [4.78, 5) is 31.2.